The molecule has 0 aliphatic rings. The number of hydrogen-bond acceptors (Lipinski definition) is 4. The SMILES string of the molecule is Cc1ccc(NC(=O)c2ccc(NCc3ccccn3)cn2)c(C)c1. The summed E-state index contributed by atoms with van der Waals surface area (Å²) in [5.41, 5.74) is 5.16. The third-order valence-corrected chi connectivity index (χ3v) is 3.83. The lowest BCUT2D eigenvalue weighted by Gasteiger charge is -2.09. The van der Waals surface area contributed by atoms with Crippen LogP contribution >= 0.6 is 0 Å². The first-order chi connectivity index (χ1) is 12.1. The zero-order valence-corrected chi connectivity index (χ0v) is 14.3. The first kappa shape index (κ1) is 16.6. The molecule has 2 aromatic heterocycles. The van der Waals surface area contributed by atoms with Crippen molar-refractivity contribution in [2.45, 2.75) is 20.4 Å². The van der Waals surface area contributed by atoms with Crippen molar-refractivity contribution in [3.63, 3.8) is 0 Å². The van der Waals surface area contributed by atoms with Gasteiger partial charge < -0.3 is 10.6 Å². The maximum atomic E-state index is 12.3. The molecule has 126 valence electrons. The normalized spacial score (nSPS) is 10.3. The largest absolute Gasteiger partial charge is 0.378 e. The predicted molar refractivity (Wildman–Crippen MR) is 99.7 cm³/mol. The molecule has 5 heteroatoms. The Bertz CT molecular complexity index is 861. The molecule has 25 heavy (non-hydrogen) atoms. The van der Waals surface area contributed by atoms with Crippen molar-refractivity contribution >= 4 is 17.3 Å². The van der Waals surface area contributed by atoms with Crippen LogP contribution in [0.5, 0.6) is 0 Å². The average Bonchev–Trinajstić information content (AvgIpc) is 2.63. The summed E-state index contributed by atoms with van der Waals surface area (Å²) in [4.78, 5) is 20.8. The van der Waals surface area contributed by atoms with E-state index in [0.29, 0.717) is 12.2 Å². The van der Waals surface area contributed by atoms with Crippen molar-refractivity contribution in [2.24, 2.45) is 0 Å². The van der Waals surface area contributed by atoms with E-state index in [1.807, 2.05) is 56.3 Å². The molecule has 0 bridgehead atoms. The molecule has 0 spiro atoms. The molecule has 0 aliphatic carbocycles. The average molecular weight is 332 g/mol. The van der Waals surface area contributed by atoms with Crippen LogP contribution in [0, 0.1) is 13.8 Å². The molecule has 0 saturated heterocycles. The number of carbonyl (C=O) groups excluding carboxylic acids is 1. The van der Waals surface area contributed by atoms with Gasteiger partial charge in [-0.05, 0) is 49.7 Å². The topological polar surface area (TPSA) is 66.9 Å². The first-order valence-corrected chi connectivity index (χ1v) is 8.10. The van der Waals surface area contributed by atoms with Crippen molar-refractivity contribution in [2.75, 3.05) is 10.6 Å². The molecule has 0 saturated carbocycles. The van der Waals surface area contributed by atoms with Gasteiger partial charge in [-0.1, -0.05) is 23.8 Å². The van der Waals surface area contributed by atoms with Crippen LogP contribution in [0.4, 0.5) is 11.4 Å². The number of carbonyl (C=O) groups is 1. The summed E-state index contributed by atoms with van der Waals surface area (Å²) < 4.78 is 0. The summed E-state index contributed by atoms with van der Waals surface area (Å²) in [5.74, 6) is -0.219. The number of pyridine rings is 2. The predicted octanol–water partition coefficient (Wildman–Crippen LogP) is 3.96. The molecule has 0 unspecified atom stereocenters. The molecule has 0 fully saturated rings. The summed E-state index contributed by atoms with van der Waals surface area (Å²) >= 11 is 0. The fourth-order valence-electron chi connectivity index (χ4n) is 2.47. The van der Waals surface area contributed by atoms with Gasteiger partial charge in [-0.25, -0.2) is 4.98 Å². The molecule has 1 amide bonds. The van der Waals surface area contributed by atoms with Crippen molar-refractivity contribution in [1.29, 1.82) is 0 Å². The Morgan fingerprint density at radius 1 is 1.04 bits per heavy atom. The molecule has 0 aliphatic heterocycles. The lowest BCUT2D eigenvalue weighted by Crippen LogP contribution is -2.14. The van der Waals surface area contributed by atoms with Gasteiger partial charge in [-0.2, -0.15) is 0 Å². The number of benzene rings is 1. The summed E-state index contributed by atoms with van der Waals surface area (Å²) in [6, 6.07) is 15.2. The monoisotopic (exact) mass is 332 g/mol. The molecular formula is C20H20N4O. The van der Waals surface area contributed by atoms with Crippen LogP contribution in [-0.4, -0.2) is 15.9 Å². The van der Waals surface area contributed by atoms with Gasteiger partial charge in [0.05, 0.1) is 24.1 Å². The van der Waals surface area contributed by atoms with Crippen LogP contribution in [0.1, 0.15) is 27.3 Å². The number of amides is 1. The van der Waals surface area contributed by atoms with Crippen LogP contribution in [0.15, 0.2) is 60.9 Å². The quantitative estimate of drug-likeness (QED) is 0.742. The van der Waals surface area contributed by atoms with E-state index in [4.69, 9.17) is 0 Å². The van der Waals surface area contributed by atoms with Crippen molar-refractivity contribution in [3.8, 4) is 0 Å². The number of anilines is 2. The number of hydrogen-bond donors (Lipinski definition) is 2. The minimum absolute atomic E-state index is 0.219. The van der Waals surface area contributed by atoms with Gasteiger partial charge in [-0.15, -0.1) is 0 Å². The van der Waals surface area contributed by atoms with Gasteiger partial charge in [0, 0.05) is 11.9 Å². The Kier molecular flexibility index (Phi) is 5.04. The first-order valence-electron chi connectivity index (χ1n) is 8.10. The number of rotatable bonds is 5. The molecule has 0 atom stereocenters. The second-order valence-electron chi connectivity index (χ2n) is 5.88. The van der Waals surface area contributed by atoms with E-state index in [1.165, 1.54) is 0 Å². The van der Waals surface area contributed by atoms with E-state index in [0.717, 1.165) is 28.2 Å². The van der Waals surface area contributed by atoms with E-state index < -0.39 is 0 Å². The summed E-state index contributed by atoms with van der Waals surface area (Å²) in [6.45, 7) is 4.61. The second-order valence-corrected chi connectivity index (χ2v) is 5.88. The molecular weight excluding hydrogens is 312 g/mol. The molecule has 1 aromatic carbocycles. The minimum Gasteiger partial charge on any atom is -0.378 e. The molecule has 2 N–H and O–H groups in total. The zero-order chi connectivity index (χ0) is 17.6. The minimum atomic E-state index is -0.219. The van der Waals surface area contributed by atoms with Crippen LogP contribution in [0.25, 0.3) is 0 Å². The highest BCUT2D eigenvalue weighted by molar-refractivity contribution is 6.03. The van der Waals surface area contributed by atoms with E-state index in [2.05, 4.69) is 20.6 Å². The fourth-order valence-corrected chi connectivity index (χ4v) is 2.47. The van der Waals surface area contributed by atoms with Crippen molar-refractivity contribution < 1.29 is 4.79 Å². The summed E-state index contributed by atoms with van der Waals surface area (Å²) in [7, 11) is 0. The molecule has 5 nitrogen and oxygen atoms in total. The third-order valence-electron chi connectivity index (χ3n) is 3.83. The maximum absolute atomic E-state index is 12.3. The standard InChI is InChI=1S/C20H20N4O/c1-14-6-8-18(15(2)11-14)24-20(25)19-9-7-17(13-23-19)22-12-16-5-3-4-10-21-16/h3-11,13,22H,12H2,1-2H3,(H,24,25). The maximum Gasteiger partial charge on any atom is 0.274 e. The summed E-state index contributed by atoms with van der Waals surface area (Å²) in [6.07, 6.45) is 3.41. The molecule has 2 heterocycles. The molecule has 3 rings (SSSR count). The smallest absolute Gasteiger partial charge is 0.274 e. The van der Waals surface area contributed by atoms with E-state index in [-0.39, 0.29) is 5.91 Å². The number of aromatic nitrogens is 2. The van der Waals surface area contributed by atoms with E-state index >= 15 is 0 Å². The van der Waals surface area contributed by atoms with Crippen LogP contribution in [-0.2, 0) is 6.54 Å². The Hall–Kier alpha value is -3.21. The molecule has 3 aromatic rings. The fraction of sp³-hybridized carbons (Fsp3) is 0.150. The number of nitrogens with zero attached hydrogens (tertiary/aromatic N) is 2. The van der Waals surface area contributed by atoms with Gasteiger partial charge >= 0.3 is 0 Å². The van der Waals surface area contributed by atoms with Crippen LogP contribution in [0.2, 0.25) is 0 Å². The van der Waals surface area contributed by atoms with Crippen molar-refractivity contribution in [3.05, 3.63) is 83.4 Å². The molecule has 0 radical (unpaired) electrons. The lowest BCUT2D eigenvalue weighted by molar-refractivity contribution is 0.102. The zero-order valence-electron chi connectivity index (χ0n) is 14.3. The second kappa shape index (κ2) is 7.57. The summed E-state index contributed by atoms with van der Waals surface area (Å²) in [5, 5.41) is 6.13. The van der Waals surface area contributed by atoms with Gasteiger partial charge in [0.15, 0.2) is 0 Å². The van der Waals surface area contributed by atoms with Crippen LogP contribution < -0.4 is 10.6 Å². The Balaban J connectivity index is 1.62. The highest BCUT2D eigenvalue weighted by atomic mass is 16.1. The van der Waals surface area contributed by atoms with Gasteiger partial charge in [0.1, 0.15) is 5.69 Å². The van der Waals surface area contributed by atoms with Crippen molar-refractivity contribution in [1.82, 2.24) is 9.97 Å². The third kappa shape index (κ3) is 4.41. The van der Waals surface area contributed by atoms with Gasteiger partial charge in [0.25, 0.3) is 5.91 Å². The highest BCUT2D eigenvalue weighted by Crippen LogP contribution is 2.17. The highest BCUT2D eigenvalue weighted by Gasteiger charge is 2.09. The number of nitrogens with one attached hydrogen (secondary N) is 2. The Morgan fingerprint density at radius 3 is 2.60 bits per heavy atom. The lowest BCUT2D eigenvalue weighted by atomic mass is 10.1. The van der Waals surface area contributed by atoms with E-state index in [9.17, 15) is 4.79 Å². The Labute approximate surface area is 147 Å². The van der Waals surface area contributed by atoms with Crippen LogP contribution in [0.3, 0.4) is 0 Å². The Morgan fingerprint density at radius 2 is 1.92 bits per heavy atom. The number of aryl methyl sites for hydroxylation is 2. The van der Waals surface area contributed by atoms with Gasteiger partial charge in [-0.3, -0.25) is 9.78 Å². The van der Waals surface area contributed by atoms with Gasteiger partial charge in [0.2, 0.25) is 0 Å². The van der Waals surface area contributed by atoms with E-state index in [1.54, 1.807) is 18.5 Å².